The molecule has 2 rings (SSSR count). The van der Waals surface area contributed by atoms with E-state index in [0.717, 1.165) is 6.42 Å². The first-order valence-electron chi connectivity index (χ1n) is 5.86. The van der Waals surface area contributed by atoms with Gasteiger partial charge in [0.1, 0.15) is 0 Å². The summed E-state index contributed by atoms with van der Waals surface area (Å²) in [5, 5.41) is 3.64. The smallest absolute Gasteiger partial charge is 0.425 e. The van der Waals surface area contributed by atoms with Gasteiger partial charge in [0.05, 0.1) is 6.61 Å². The molecule has 1 fully saturated rings. The van der Waals surface area contributed by atoms with Crippen LogP contribution in [0.15, 0.2) is 12.2 Å². The molecular formula is C11H17N3O2S. The zero-order valence-electron chi connectivity index (χ0n) is 9.73. The number of carbonyl (C=O) groups excluding carboxylic acids is 1. The number of hydrogen-bond donors (Lipinski definition) is 3. The number of thiocarbonyl (C=S) groups is 1. The third-order valence-electron chi connectivity index (χ3n) is 3.15. The van der Waals surface area contributed by atoms with Crippen molar-refractivity contribution < 1.29 is 9.53 Å². The fraction of sp³-hybridized carbons (Fsp3) is 0.636. The lowest BCUT2D eigenvalue weighted by molar-refractivity contribution is 0.150. The highest BCUT2D eigenvalue weighted by atomic mass is 32.1. The van der Waals surface area contributed by atoms with E-state index in [-0.39, 0.29) is 0 Å². The van der Waals surface area contributed by atoms with E-state index in [1.807, 2.05) is 0 Å². The molecular weight excluding hydrogens is 238 g/mol. The van der Waals surface area contributed by atoms with Crippen molar-refractivity contribution >= 4 is 23.4 Å². The topological polar surface area (TPSA) is 62.4 Å². The Labute approximate surface area is 106 Å². The average Bonchev–Trinajstić information content (AvgIpc) is 2.88. The number of allylic oxidation sites excluding steroid dienone is 1. The average molecular weight is 255 g/mol. The Morgan fingerprint density at radius 2 is 2.24 bits per heavy atom. The van der Waals surface area contributed by atoms with Crippen LogP contribution < -0.4 is 16.2 Å². The first-order valence-corrected chi connectivity index (χ1v) is 6.27. The molecule has 0 aromatic carbocycles. The Morgan fingerprint density at radius 3 is 2.82 bits per heavy atom. The Bertz CT molecular complexity index is 346. The van der Waals surface area contributed by atoms with Crippen molar-refractivity contribution in [2.45, 2.75) is 25.8 Å². The highest BCUT2D eigenvalue weighted by Crippen LogP contribution is 2.38. The van der Waals surface area contributed by atoms with Crippen molar-refractivity contribution in [3.63, 3.8) is 0 Å². The molecule has 0 aromatic rings. The van der Waals surface area contributed by atoms with E-state index >= 15 is 0 Å². The standard InChI is InChI=1S/C11H17N3O2S/c1-2-16-11(15)14-13-10(17)12-9-6-7-3-4-8(9)5-7/h3-4,7-9H,2,5-6H2,1H3,(H,14,15)(H2,12,13,17)/t7-,8+,9-/m0/s1. The zero-order valence-corrected chi connectivity index (χ0v) is 10.5. The quantitative estimate of drug-likeness (QED) is 0.391. The maximum absolute atomic E-state index is 11.0. The number of ether oxygens (including phenoxy) is 1. The molecule has 17 heavy (non-hydrogen) atoms. The summed E-state index contributed by atoms with van der Waals surface area (Å²) >= 11 is 5.09. The third kappa shape index (κ3) is 3.09. The monoisotopic (exact) mass is 255 g/mol. The third-order valence-corrected chi connectivity index (χ3v) is 3.37. The van der Waals surface area contributed by atoms with Crippen LogP contribution >= 0.6 is 12.2 Å². The van der Waals surface area contributed by atoms with Crippen molar-refractivity contribution in [3.05, 3.63) is 12.2 Å². The van der Waals surface area contributed by atoms with E-state index in [1.165, 1.54) is 6.42 Å². The van der Waals surface area contributed by atoms with Crippen LogP contribution in [0.5, 0.6) is 0 Å². The second kappa shape index (κ2) is 5.35. The summed E-state index contributed by atoms with van der Waals surface area (Å²) in [7, 11) is 0. The van der Waals surface area contributed by atoms with E-state index in [4.69, 9.17) is 17.0 Å². The summed E-state index contributed by atoms with van der Waals surface area (Å²) in [6.07, 6.45) is 6.32. The summed E-state index contributed by atoms with van der Waals surface area (Å²) in [5.41, 5.74) is 4.99. The second-order valence-electron chi connectivity index (χ2n) is 4.33. The lowest BCUT2D eigenvalue weighted by Crippen LogP contribution is -2.50. The van der Waals surface area contributed by atoms with E-state index in [1.54, 1.807) is 6.92 Å². The van der Waals surface area contributed by atoms with Crippen LogP contribution in [0.4, 0.5) is 4.79 Å². The molecule has 0 aromatic heterocycles. The van der Waals surface area contributed by atoms with Gasteiger partial charge in [-0.25, -0.2) is 10.2 Å². The predicted molar refractivity (Wildman–Crippen MR) is 68.2 cm³/mol. The maximum Gasteiger partial charge on any atom is 0.425 e. The molecule has 2 bridgehead atoms. The van der Waals surface area contributed by atoms with Gasteiger partial charge in [0.2, 0.25) is 0 Å². The number of hydrogen-bond acceptors (Lipinski definition) is 3. The van der Waals surface area contributed by atoms with Gasteiger partial charge in [-0.2, -0.15) is 0 Å². The van der Waals surface area contributed by atoms with E-state index < -0.39 is 6.09 Å². The molecule has 0 unspecified atom stereocenters. The Morgan fingerprint density at radius 1 is 1.41 bits per heavy atom. The van der Waals surface area contributed by atoms with E-state index in [0.29, 0.717) is 29.6 Å². The fourth-order valence-electron chi connectivity index (χ4n) is 2.43. The molecule has 5 nitrogen and oxygen atoms in total. The lowest BCUT2D eigenvalue weighted by atomic mass is 10.0. The van der Waals surface area contributed by atoms with Gasteiger partial charge in [-0.1, -0.05) is 12.2 Å². The summed E-state index contributed by atoms with van der Waals surface area (Å²) in [6, 6.07) is 0.383. The normalized spacial score (nSPS) is 28.9. The minimum Gasteiger partial charge on any atom is -0.449 e. The molecule has 3 atom stereocenters. The van der Waals surface area contributed by atoms with Gasteiger partial charge in [0.25, 0.3) is 0 Å². The number of carbonyl (C=O) groups is 1. The van der Waals surface area contributed by atoms with Gasteiger partial charge in [-0.05, 0) is 43.8 Å². The van der Waals surface area contributed by atoms with Crippen LogP contribution in [-0.2, 0) is 4.74 Å². The SMILES string of the molecule is CCOC(=O)NNC(=S)N[C@H]1C[C@H]2C=C[C@@H]1C2. The van der Waals surface area contributed by atoms with Gasteiger partial charge in [0.15, 0.2) is 5.11 Å². The summed E-state index contributed by atoms with van der Waals surface area (Å²) in [6.45, 7) is 2.09. The molecule has 3 N–H and O–H groups in total. The van der Waals surface area contributed by atoms with Crippen LogP contribution in [0.1, 0.15) is 19.8 Å². The molecule has 1 amide bonds. The molecule has 6 heteroatoms. The Hall–Kier alpha value is -1.30. The fourth-order valence-corrected chi connectivity index (χ4v) is 2.63. The van der Waals surface area contributed by atoms with Crippen molar-refractivity contribution in [1.29, 1.82) is 0 Å². The molecule has 94 valence electrons. The van der Waals surface area contributed by atoms with Crippen molar-refractivity contribution in [3.8, 4) is 0 Å². The van der Waals surface area contributed by atoms with Crippen LogP contribution in [0.3, 0.4) is 0 Å². The molecule has 0 saturated heterocycles. The minimum absolute atomic E-state index is 0.338. The largest absolute Gasteiger partial charge is 0.449 e. The number of rotatable bonds is 2. The number of fused-ring (bicyclic) bond motifs is 2. The van der Waals surface area contributed by atoms with Crippen LogP contribution in [0, 0.1) is 11.8 Å². The lowest BCUT2D eigenvalue weighted by Gasteiger charge is -2.21. The second-order valence-corrected chi connectivity index (χ2v) is 4.74. The molecule has 2 aliphatic rings. The van der Waals surface area contributed by atoms with E-state index in [2.05, 4.69) is 28.3 Å². The zero-order chi connectivity index (χ0) is 12.3. The Kier molecular flexibility index (Phi) is 3.83. The Balaban J connectivity index is 1.68. The molecule has 1 saturated carbocycles. The summed E-state index contributed by atoms with van der Waals surface area (Å²) in [4.78, 5) is 11.0. The van der Waals surface area contributed by atoms with Gasteiger partial charge < -0.3 is 10.1 Å². The number of hydrazine groups is 1. The highest BCUT2D eigenvalue weighted by molar-refractivity contribution is 7.80. The van der Waals surface area contributed by atoms with Crippen molar-refractivity contribution in [2.75, 3.05) is 6.61 Å². The summed E-state index contributed by atoms with van der Waals surface area (Å²) in [5.74, 6) is 1.26. The molecule has 0 heterocycles. The van der Waals surface area contributed by atoms with Gasteiger partial charge in [-0.15, -0.1) is 0 Å². The van der Waals surface area contributed by atoms with E-state index in [9.17, 15) is 4.79 Å². The van der Waals surface area contributed by atoms with Crippen LogP contribution in [0.25, 0.3) is 0 Å². The predicted octanol–water partition coefficient (Wildman–Crippen LogP) is 1.08. The van der Waals surface area contributed by atoms with Crippen molar-refractivity contribution in [1.82, 2.24) is 16.2 Å². The molecule has 0 aliphatic heterocycles. The molecule has 2 aliphatic carbocycles. The first-order chi connectivity index (χ1) is 8.19. The van der Waals surface area contributed by atoms with Gasteiger partial charge in [0, 0.05) is 6.04 Å². The van der Waals surface area contributed by atoms with Crippen LogP contribution in [-0.4, -0.2) is 23.9 Å². The van der Waals surface area contributed by atoms with Crippen molar-refractivity contribution in [2.24, 2.45) is 11.8 Å². The van der Waals surface area contributed by atoms with Gasteiger partial charge in [-0.3, -0.25) is 5.43 Å². The minimum atomic E-state index is -0.524. The highest BCUT2D eigenvalue weighted by Gasteiger charge is 2.35. The van der Waals surface area contributed by atoms with Gasteiger partial charge >= 0.3 is 6.09 Å². The maximum atomic E-state index is 11.0. The van der Waals surface area contributed by atoms with Crippen LogP contribution in [0.2, 0.25) is 0 Å². The first kappa shape index (κ1) is 12.2. The molecule has 0 spiro atoms. The number of nitrogens with one attached hydrogen (secondary N) is 3. The number of amides is 1. The molecule has 0 radical (unpaired) electrons. The summed E-state index contributed by atoms with van der Waals surface area (Å²) < 4.78 is 4.70.